The van der Waals surface area contributed by atoms with Crippen LogP contribution in [0.1, 0.15) is 29.3 Å². The van der Waals surface area contributed by atoms with E-state index >= 15 is 0 Å². The first-order chi connectivity index (χ1) is 9.60. The van der Waals surface area contributed by atoms with Crippen molar-refractivity contribution < 1.29 is 4.79 Å². The number of rotatable bonds is 5. The molecule has 0 aliphatic rings. The number of carbonyl (C=O) groups is 1. The zero-order valence-electron chi connectivity index (χ0n) is 12.4. The van der Waals surface area contributed by atoms with E-state index in [0.29, 0.717) is 6.42 Å². The van der Waals surface area contributed by atoms with Crippen molar-refractivity contribution in [3.05, 3.63) is 59.7 Å². The molecular formula is C18H21NO. The fourth-order valence-electron chi connectivity index (χ4n) is 2.27. The van der Waals surface area contributed by atoms with Crippen LogP contribution >= 0.6 is 0 Å². The predicted molar refractivity (Wildman–Crippen MR) is 83.9 cm³/mol. The summed E-state index contributed by atoms with van der Waals surface area (Å²) in [7, 11) is 4.13. The normalized spacial score (nSPS) is 10.8. The van der Waals surface area contributed by atoms with Crippen molar-refractivity contribution in [1.82, 2.24) is 4.90 Å². The summed E-state index contributed by atoms with van der Waals surface area (Å²) in [6, 6.07) is 16.4. The molecule has 0 saturated carbocycles. The Morgan fingerprint density at radius 1 is 1.00 bits per heavy atom. The van der Waals surface area contributed by atoms with Crippen molar-refractivity contribution >= 4 is 5.78 Å². The summed E-state index contributed by atoms with van der Waals surface area (Å²) >= 11 is 0. The monoisotopic (exact) mass is 267 g/mol. The molecule has 2 nitrogen and oxygen atoms in total. The lowest BCUT2D eigenvalue weighted by atomic mass is 10.00. The molecule has 20 heavy (non-hydrogen) atoms. The van der Waals surface area contributed by atoms with Gasteiger partial charge in [0, 0.05) is 18.5 Å². The summed E-state index contributed by atoms with van der Waals surface area (Å²) in [5, 5.41) is 0. The second-order valence-corrected chi connectivity index (χ2v) is 5.29. The van der Waals surface area contributed by atoms with Gasteiger partial charge in [-0.15, -0.1) is 0 Å². The average Bonchev–Trinajstić information content (AvgIpc) is 2.46. The first kappa shape index (κ1) is 14.5. The zero-order valence-corrected chi connectivity index (χ0v) is 12.4. The largest absolute Gasteiger partial charge is 0.305 e. The number of hydrogen-bond acceptors (Lipinski definition) is 2. The lowest BCUT2D eigenvalue weighted by Gasteiger charge is -2.11. The molecular weight excluding hydrogens is 246 g/mol. The first-order valence-electron chi connectivity index (χ1n) is 6.97. The van der Waals surface area contributed by atoms with Gasteiger partial charge in [0.05, 0.1) is 0 Å². The first-order valence-corrected chi connectivity index (χ1v) is 6.97. The second kappa shape index (κ2) is 6.49. The molecule has 0 radical (unpaired) electrons. The van der Waals surface area contributed by atoms with Gasteiger partial charge in [0.15, 0.2) is 5.78 Å². The molecule has 0 bridgehead atoms. The maximum Gasteiger partial charge on any atom is 0.162 e. The van der Waals surface area contributed by atoms with Gasteiger partial charge in [0.2, 0.25) is 0 Å². The van der Waals surface area contributed by atoms with Crippen LogP contribution < -0.4 is 0 Å². The highest BCUT2D eigenvalue weighted by Gasteiger charge is 2.04. The highest BCUT2D eigenvalue weighted by atomic mass is 16.1. The third-order valence-electron chi connectivity index (χ3n) is 3.29. The molecule has 0 fully saturated rings. The van der Waals surface area contributed by atoms with E-state index in [1.54, 1.807) is 0 Å². The van der Waals surface area contributed by atoms with Crippen molar-refractivity contribution in [3.63, 3.8) is 0 Å². The van der Waals surface area contributed by atoms with Crippen LogP contribution in [0.25, 0.3) is 11.1 Å². The van der Waals surface area contributed by atoms with E-state index in [1.165, 1.54) is 11.1 Å². The fourth-order valence-corrected chi connectivity index (χ4v) is 2.27. The Kier molecular flexibility index (Phi) is 4.70. The van der Waals surface area contributed by atoms with Crippen LogP contribution in [0.5, 0.6) is 0 Å². The Morgan fingerprint density at radius 3 is 2.30 bits per heavy atom. The molecule has 0 unspecified atom stereocenters. The van der Waals surface area contributed by atoms with Crippen LogP contribution in [0.3, 0.4) is 0 Å². The number of ketones is 1. The van der Waals surface area contributed by atoms with Crippen molar-refractivity contribution in [2.75, 3.05) is 14.1 Å². The minimum absolute atomic E-state index is 0.193. The van der Waals surface area contributed by atoms with Crippen LogP contribution in [-0.2, 0) is 6.54 Å². The molecule has 2 aromatic rings. The van der Waals surface area contributed by atoms with Gasteiger partial charge in [-0.1, -0.05) is 49.4 Å². The van der Waals surface area contributed by atoms with Gasteiger partial charge in [-0.25, -0.2) is 0 Å². The number of benzene rings is 2. The lowest BCUT2D eigenvalue weighted by Crippen LogP contribution is -2.10. The van der Waals surface area contributed by atoms with Crippen LogP contribution in [0.4, 0.5) is 0 Å². The van der Waals surface area contributed by atoms with Gasteiger partial charge in [-0.05, 0) is 36.9 Å². The maximum atomic E-state index is 11.6. The highest BCUT2D eigenvalue weighted by molar-refractivity contribution is 5.96. The van der Waals surface area contributed by atoms with E-state index in [2.05, 4.69) is 43.3 Å². The maximum absolute atomic E-state index is 11.6. The van der Waals surface area contributed by atoms with E-state index in [9.17, 15) is 4.79 Å². The minimum atomic E-state index is 0.193. The molecule has 104 valence electrons. The summed E-state index contributed by atoms with van der Waals surface area (Å²) in [6.07, 6.45) is 0.553. The standard InChI is InChI=1S/C18H21NO/c1-4-18(20)16-10-8-15(9-11-16)17-7-5-6-14(12-17)13-19(2)3/h5-12H,4,13H2,1-3H3. The zero-order chi connectivity index (χ0) is 14.5. The Hall–Kier alpha value is -1.93. The average molecular weight is 267 g/mol. The van der Waals surface area contributed by atoms with Gasteiger partial charge in [0.25, 0.3) is 0 Å². The third kappa shape index (κ3) is 3.55. The molecule has 0 aromatic heterocycles. The molecule has 0 heterocycles. The van der Waals surface area contributed by atoms with Gasteiger partial charge in [-0.2, -0.15) is 0 Å². The number of carbonyl (C=O) groups excluding carboxylic acids is 1. The number of Topliss-reactive ketones (excluding diaryl/α,β-unsaturated/α-hetero) is 1. The van der Waals surface area contributed by atoms with Crippen molar-refractivity contribution in [1.29, 1.82) is 0 Å². The predicted octanol–water partition coefficient (Wildman–Crippen LogP) is 4.01. The Balaban J connectivity index is 2.25. The Labute approximate surface area is 121 Å². The molecule has 0 saturated heterocycles. The number of hydrogen-bond donors (Lipinski definition) is 0. The van der Waals surface area contributed by atoms with E-state index in [4.69, 9.17) is 0 Å². The molecule has 0 N–H and O–H groups in total. The van der Waals surface area contributed by atoms with Crippen molar-refractivity contribution in [3.8, 4) is 11.1 Å². The highest BCUT2D eigenvalue weighted by Crippen LogP contribution is 2.21. The van der Waals surface area contributed by atoms with Gasteiger partial charge in [0.1, 0.15) is 0 Å². The molecule has 0 aliphatic carbocycles. The Morgan fingerprint density at radius 2 is 1.70 bits per heavy atom. The van der Waals surface area contributed by atoms with E-state index in [0.717, 1.165) is 17.7 Å². The second-order valence-electron chi connectivity index (χ2n) is 5.29. The summed E-state index contributed by atoms with van der Waals surface area (Å²) in [6.45, 7) is 2.82. The third-order valence-corrected chi connectivity index (χ3v) is 3.29. The van der Waals surface area contributed by atoms with Gasteiger partial charge < -0.3 is 4.90 Å². The summed E-state index contributed by atoms with van der Waals surface area (Å²) < 4.78 is 0. The molecule has 0 aliphatic heterocycles. The van der Waals surface area contributed by atoms with Crippen LogP contribution in [-0.4, -0.2) is 24.8 Å². The van der Waals surface area contributed by atoms with Crippen LogP contribution in [0.15, 0.2) is 48.5 Å². The van der Waals surface area contributed by atoms with Crippen molar-refractivity contribution in [2.24, 2.45) is 0 Å². The van der Waals surface area contributed by atoms with Gasteiger partial charge >= 0.3 is 0 Å². The SMILES string of the molecule is CCC(=O)c1ccc(-c2cccc(CN(C)C)c2)cc1. The topological polar surface area (TPSA) is 20.3 Å². The van der Waals surface area contributed by atoms with Gasteiger partial charge in [-0.3, -0.25) is 4.79 Å². The smallest absolute Gasteiger partial charge is 0.162 e. The summed E-state index contributed by atoms with van der Waals surface area (Å²) in [5.74, 6) is 0.193. The quantitative estimate of drug-likeness (QED) is 0.763. The fraction of sp³-hybridized carbons (Fsp3) is 0.278. The van der Waals surface area contributed by atoms with Crippen LogP contribution in [0.2, 0.25) is 0 Å². The summed E-state index contributed by atoms with van der Waals surface area (Å²) in [5.41, 5.74) is 4.43. The van der Waals surface area contributed by atoms with Crippen molar-refractivity contribution in [2.45, 2.75) is 19.9 Å². The minimum Gasteiger partial charge on any atom is -0.305 e. The van der Waals surface area contributed by atoms with E-state index in [-0.39, 0.29) is 5.78 Å². The molecule has 2 rings (SSSR count). The van der Waals surface area contributed by atoms with E-state index in [1.807, 2.05) is 31.2 Å². The molecule has 2 heteroatoms. The summed E-state index contributed by atoms with van der Waals surface area (Å²) in [4.78, 5) is 13.8. The van der Waals surface area contributed by atoms with E-state index < -0.39 is 0 Å². The molecule has 0 amide bonds. The number of nitrogens with zero attached hydrogens (tertiary/aromatic N) is 1. The van der Waals surface area contributed by atoms with Crippen LogP contribution in [0, 0.1) is 0 Å². The molecule has 0 atom stereocenters. The molecule has 0 spiro atoms. The molecule has 2 aromatic carbocycles. The lowest BCUT2D eigenvalue weighted by molar-refractivity contribution is 0.0988. The Bertz CT molecular complexity index is 585.